The molecule has 0 saturated carbocycles. The lowest BCUT2D eigenvalue weighted by Gasteiger charge is -2.22. The lowest BCUT2D eigenvalue weighted by atomic mass is 10.2. The van der Waals surface area contributed by atoms with E-state index >= 15 is 0 Å². The van der Waals surface area contributed by atoms with Crippen molar-refractivity contribution in [3.63, 3.8) is 0 Å². The maximum absolute atomic E-state index is 12.4. The number of nitrogens with zero attached hydrogens (tertiary/aromatic N) is 2. The predicted octanol–water partition coefficient (Wildman–Crippen LogP) is 3.53. The zero-order valence-electron chi connectivity index (χ0n) is 16.0. The molecule has 0 aromatic heterocycles. The van der Waals surface area contributed by atoms with E-state index in [0.717, 1.165) is 5.56 Å². The van der Waals surface area contributed by atoms with E-state index in [-0.39, 0.29) is 24.9 Å². The Hall–Kier alpha value is -2.28. The highest BCUT2D eigenvalue weighted by atomic mass is 35.5. The van der Waals surface area contributed by atoms with Gasteiger partial charge >= 0.3 is 0 Å². The predicted molar refractivity (Wildman–Crippen MR) is 112 cm³/mol. The van der Waals surface area contributed by atoms with Gasteiger partial charge in [-0.05, 0) is 30.8 Å². The molecular formula is C20H23Cl2N3O3. The molecule has 2 amide bonds. The molecule has 6 nitrogen and oxygen atoms in total. The summed E-state index contributed by atoms with van der Waals surface area (Å²) in [6, 6.07) is 12.4. The molecule has 2 aromatic rings. The number of hydrogen-bond donors (Lipinski definition) is 1. The molecule has 0 saturated heterocycles. The van der Waals surface area contributed by atoms with Crippen LogP contribution in [-0.2, 0) is 16.1 Å². The van der Waals surface area contributed by atoms with Gasteiger partial charge in [0.05, 0.1) is 30.2 Å². The minimum absolute atomic E-state index is 0.0538. The summed E-state index contributed by atoms with van der Waals surface area (Å²) in [5.74, 6) is 0.176. The van der Waals surface area contributed by atoms with Crippen molar-refractivity contribution in [1.29, 1.82) is 0 Å². The van der Waals surface area contributed by atoms with Gasteiger partial charge in [-0.3, -0.25) is 14.5 Å². The van der Waals surface area contributed by atoms with E-state index in [9.17, 15) is 9.59 Å². The standard InChI is InChI=1S/C20H23Cl2N3O3/c1-24(11-14-6-4-9-17(21)20(14)22)13-19(27)25(2)12-18(26)23-15-7-5-8-16(10-15)28-3/h4-10H,11-13H2,1-3H3,(H,23,26). The summed E-state index contributed by atoms with van der Waals surface area (Å²) in [5, 5.41) is 3.71. The van der Waals surface area contributed by atoms with E-state index in [1.54, 1.807) is 51.5 Å². The van der Waals surface area contributed by atoms with Crippen LogP contribution < -0.4 is 10.1 Å². The Morgan fingerprint density at radius 2 is 1.79 bits per heavy atom. The average Bonchev–Trinajstić information content (AvgIpc) is 2.65. The summed E-state index contributed by atoms with van der Waals surface area (Å²) in [5.41, 5.74) is 1.45. The summed E-state index contributed by atoms with van der Waals surface area (Å²) in [4.78, 5) is 27.8. The Labute approximate surface area is 175 Å². The van der Waals surface area contributed by atoms with Gasteiger partial charge in [0.1, 0.15) is 5.75 Å². The quantitative estimate of drug-likeness (QED) is 0.705. The third kappa shape index (κ3) is 6.41. The molecule has 0 fully saturated rings. The molecule has 8 heteroatoms. The SMILES string of the molecule is COc1cccc(NC(=O)CN(C)C(=O)CN(C)Cc2cccc(Cl)c2Cl)c1. The van der Waals surface area contributed by atoms with Crippen LogP contribution in [0.5, 0.6) is 5.75 Å². The number of hydrogen-bond acceptors (Lipinski definition) is 4. The van der Waals surface area contributed by atoms with Crippen LogP contribution in [0, 0.1) is 0 Å². The van der Waals surface area contributed by atoms with Crippen molar-refractivity contribution in [2.45, 2.75) is 6.54 Å². The minimum Gasteiger partial charge on any atom is -0.497 e. The molecule has 0 atom stereocenters. The monoisotopic (exact) mass is 423 g/mol. The first-order chi connectivity index (χ1) is 13.3. The van der Waals surface area contributed by atoms with Crippen molar-refractivity contribution in [2.24, 2.45) is 0 Å². The maximum Gasteiger partial charge on any atom is 0.243 e. The van der Waals surface area contributed by atoms with Crippen LogP contribution in [0.25, 0.3) is 0 Å². The molecule has 0 unspecified atom stereocenters. The van der Waals surface area contributed by atoms with Crippen LogP contribution in [-0.4, -0.2) is 55.9 Å². The third-order valence-corrected chi connectivity index (χ3v) is 4.90. The Bertz CT molecular complexity index is 845. The lowest BCUT2D eigenvalue weighted by Crippen LogP contribution is -2.40. The van der Waals surface area contributed by atoms with Crippen molar-refractivity contribution in [3.8, 4) is 5.75 Å². The van der Waals surface area contributed by atoms with Gasteiger partial charge in [-0.25, -0.2) is 0 Å². The lowest BCUT2D eigenvalue weighted by molar-refractivity contribution is -0.134. The number of carbonyl (C=O) groups is 2. The molecule has 1 N–H and O–H groups in total. The van der Waals surface area contributed by atoms with Crippen LogP contribution in [0.15, 0.2) is 42.5 Å². The first-order valence-corrected chi connectivity index (χ1v) is 9.35. The van der Waals surface area contributed by atoms with Crippen LogP contribution in [0.3, 0.4) is 0 Å². The van der Waals surface area contributed by atoms with Crippen LogP contribution in [0.2, 0.25) is 10.0 Å². The summed E-state index contributed by atoms with van der Waals surface area (Å²) in [7, 11) is 4.95. The molecule has 0 aliphatic carbocycles. The van der Waals surface area contributed by atoms with Crippen molar-refractivity contribution in [3.05, 3.63) is 58.1 Å². The van der Waals surface area contributed by atoms with E-state index < -0.39 is 0 Å². The highest BCUT2D eigenvalue weighted by Crippen LogP contribution is 2.26. The Kier molecular flexibility index (Phi) is 8.11. The number of halogens is 2. The molecule has 0 spiro atoms. The molecule has 2 aromatic carbocycles. The summed E-state index contributed by atoms with van der Waals surface area (Å²) in [6.45, 7) is 0.558. The summed E-state index contributed by atoms with van der Waals surface area (Å²) >= 11 is 12.2. The number of rotatable bonds is 8. The number of ether oxygens (including phenoxy) is 1. The Morgan fingerprint density at radius 3 is 2.50 bits per heavy atom. The van der Waals surface area contributed by atoms with Gasteiger partial charge in [-0.15, -0.1) is 0 Å². The highest BCUT2D eigenvalue weighted by molar-refractivity contribution is 6.42. The fourth-order valence-electron chi connectivity index (χ4n) is 2.57. The fraction of sp³-hybridized carbons (Fsp3) is 0.300. The maximum atomic E-state index is 12.4. The normalized spacial score (nSPS) is 10.6. The van der Waals surface area contributed by atoms with E-state index in [4.69, 9.17) is 27.9 Å². The first-order valence-electron chi connectivity index (χ1n) is 8.59. The molecular weight excluding hydrogens is 401 g/mol. The zero-order chi connectivity index (χ0) is 20.7. The van der Waals surface area contributed by atoms with Gasteiger partial charge in [0.25, 0.3) is 0 Å². The van der Waals surface area contributed by atoms with Crippen molar-refractivity contribution >= 4 is 40.7 Å². The Balaban J connectivity index is 1.85. The minimum atomic E-state index is -0.287. The van der Waals surface area contributed by atoms with E-state index in [2.05, 4.69) is 5.32 Å². The number of anilines is 1. The van der Waals surface area contributed by atoms with Crippen LogP contribution >= 0.6 is 23.2 Å². The van der Waals surface area contributed by atoms with Gasteiger partial charge in [-0.1, -0.05) is 41.4 Å². The molecule has 0 heterocycles. The molecule has 0 aliphatic heterocycles. The van der Waals surface area contributed by atoms with Gasteiger partial charge in [0.2, 0.25) is 11.8 Å². The number of nitrogens with one attached hydrogen (secondary N) is 1. The van der Waals surface area contributed by atoms with E-state index in [1.165, 1.54) is 4.90 Å². The van der Waals surface area contributed by atoms with E-state index in [0.29, 0.717) is 28.0 Å². The first kappa shape index (κ1) is 22.0. The molecule has 0 aliphatic rings. The van der Waals surface area contributed by atoms with Crippen LogP contribution in [0.1, 0.15) is 5.56 Å². The number of amides is 2. The second-order valence-corrected chi connectivity index (χ2v) is 7.20. The van der Waals surface area contributed by atoms with E-state index in [1.807, 2.05) is 17.0 Å². The second kappa shape index (κ2) is 10.3. The number of carbonyl (C=O) groups excluding carboxylic acids is 2. The van der Waals surface area contributed by atoms with Crippen molar-refractivity contribution in [1.82, 2.24) is 9.80 Å². The molecule has 28 heavy (non-hydrogen) atoms. The van der Waals surface area contributed by atoms with Gasteiger partial charge in [0, 0.05) is 25.3 Å². The zero-order valence-corrected chi connectivity index (χ0v) is 17.5. The van der Waals surface area contributed by atoms with Gasteiger partial charge < -0.3 is 15.0 Å². The van der Waals surface area contributed by atoms with Crippen molar-refractivity contribution in [2.75, 3.05) is 39.6 Å². The average molecular weight is 424 g/mol. The Morgan fingerprint density at radius 1 is 1.07 bits per heavy atom. The molecule has 0 radical (unpaired) electrons. The van der Waals surface area contributed by atoms with Gasteiger partial charge in [-0.2, -0.15) is 0 Å². The summed E-state index contributed by atoms with van der Waals surface area (Å²) in [6.07, 6.45) is 0. The van der Waals surface area contributed by atoms with Gasteiger partial charge in [0.15, 0.2) is 0 Å². The topological polar surface area (TPSA) is 61.9 Å². The van der Waals surface area contributed by atoms with Crippen LogP contribution in [0.4, 0.5) is 5.69 Å². The van der Waals surface area contributed by atoms with Crippen molar-refractivity contribution < 1.29 is 14.3 Å². The molecule has 0 bridgehead atoms. The largest absolute Gasteiger partial charge is 0.497 e. The number of likely N-dealkylation sites (N-methyl/N-ethyl adjacent to an activating group) is 2. The number of benzene rings is 2. The third-order valence-electron chi connectivity index (χ3n) is 4.04. The fourth-order valence-corrected chi connectivity index (χ4v) is 2.95. The molecule has 2 rings (SSSR count). The molecule has 150 valence electrons. The summed E-state index contributed by atoms with van der Waals surface area (Å²) < 4.78 is 5.13. The second-order valence-electron chi connectivity index (χ2n) is 6.42. The number of methoxy groups -OCH3 is 1. The smallest absolute Gasteiger partial charge is 0.243 e. The highest BCUT2D eigenvalue weighted by Gasteiger charge is 2.16.